The summed E-state index contributed by atoms with van der Waals surface area (Å²) in [4.78, 5) is 22.7. The number of hydrogen-bond donors (Lipinski definition) is 0. The maximum absolute atomic E-state index is 11.5. The molecular weight excluding hydrogens is 288 g/mol. The van der Waals surface area contributed by atoms with E-state index in [1.165, 1.54) is 24.9 Å². The van der Waals surface area contributed by atoms with Gasteiger partial charge >= 0.3 is 0 Å². The molecule has 5 nitrogen and oxygen atoms in total. The number of carbonyl (C=O) groups is 1. The summed E-state index contributed by atoms with van der Waals surface area (Å²) in [7, 11) is 4.08. The minimum absolute atomic E-state index is 0.214. The van der Waals surface area contributed by atoms with Crippen molar-refractivity contribution in [2.45, 2.75) is 44.7 Å². The molecule has 2 aliphatic rings. The first-order valence-electron chi connectivity index (χ1n) is 8.71. The van der Waals surface area contributed by atoms with E-state index in [4.69, 9.17) is 0 Å². The average Bonchev–Trinajstić information content (AvgIpc) is 3.04. The highest BCUT2D eigenvalue weighted by atomic mass is 16.2. The van der Waals surface area contributed by atoms with E-state index >= 15 is 0 Å². The third-order valence-electron chi connectivity index (χ3n) is 5.29. The van der Waals surface area contributed by atoms with Gasteiger partial charge in [-0.05, 0) is 49.9 Å². The molecule has 0 aliphatic carbocycles. The maximum Gasteiger partial charge on any atom is 0.219 e. The molecule has 1 aromatic heterocycles. The van der Waals surface area contributed by atoms with Crippen molar-refractivity contribution >= 4 is 11.7 Å². The Kier molecular flexibility index (Phi) is 4.85. The molecule has 0 unspecified atom stereocenters. The van der Waals surface area contributed by atoms with E-state index < -0.39 is 0 Å². The van der Waals surface area contributed by atoms with Gasteiger partial charge in [0.15, 0.2) is 0 Å². The molecule has 0 bridgehead atoms. The van der Waals surface area contributed by atoms with Gasteiger partial charge < -0.3 is 9.80 Å². The number of pyridine rings is 1. The summed E-state index contributed by atoms with van der Waals surface area (Å²) in [5, 5.41) is 0. The number of likely N-dealkylation sites (tertiary alicyclic amines) is 2. The van der Waals surface area contributed by atoms with Crippen LogP contribution in [0.2, 0.25) is 0 Å². The summed E-state index contributed by atoms with van der Waals surface area (Å²) in [5.74, 6) is 1.24. The van der Waals surface area contributed by atoms with Gasteiger partial charge in [-0.3, -0.25) is 9.69 Å². The monoisotopic (exact) mass is 316 g/mol. The Bertz CT molecular complexity index is 552. The van der Waals surface area contributed by atoms with Crippen molar-refractivity contribution in [3.63, 3.8) is 0 Å². The Morgan fingerprint density at radius 1 is 1.22 bits per heavy atom. The third kappa shape index (κ3) is 3.50. The van der Waals surface area contributed by atoms with Crippen LogP contribution in [0.1, 0.15) is 44.2 Å². The smallest absolute Gasteiger partial charge is 0.219 e. The lowest BCUT2D eigenvalue weighted by molar-refractivity contribution is -0.130. The summed E-state index contributed by atoms with van der Waals surface area (Å²) in [6.07, 6.45) is 6.62. The second-order valence-corrected chi connectivity index (χ2v) is 6.97. The van der Waals surface area contributed by atoms with E-state index in [0.29, 0.717) is 12.1 Å². The standard InChI is InChI=1S/C18H28N4O/c1-14(23)21-11-7-16(8-12-21)22-10-4-5-17(22)15-6-9-19-18(13-15)20(2)3/h6,9,13,16-17H,4-5,7-8,10-12H2,1-3H3/t17-/m0/s1. The zero-order valence-electron chi connectivity index (χ0n) is 14.5. The predicted molar refractivity (Wildman–Crippen MR) is 92.5 cm³/mol. The van der Waals surface area contributed by atoms with Gasteiger partial charge in [0, 0.05) is 52.4 Å². The summed E-state index contributed by atoms with van der Waals surface area (Å²) in [6.45, 7) is 4.67. The first kappa shape index (κ1) is 16.2. The van der Waals surface area contributed by atoms with Crippen LogP contribution >= 0.6 is 0 Å². The van der Waals surface area contributed by atoms with Gasteiger partial charge in [0.05, 0.1) is 0 Å². The van der Waals surface area contributed by atoms with Gasteiger partial charge in [-0.1, -0.05) is 0 Å². The van der Waals surface area contributed by atoms with Crippen LogP contribution in [-0.2, 0) is 4.79 Å². The molecule has 2 fully saturated rings. The molecule has 0 radical (unpaired) electrons. The van der Waals surface area contributed by atoms with Crippen molar-refractivity contribution in [2.24, 2.45) is 0 Å². The van der Waals surface area contributed by atoms with Gasteiger partial charge in [-0.2, -0.15) is 0 Å². The van der Waals surface area contributed by atoms with E-state index in [-0.39, 0.29) is 5.91 Å². The quantitative estimate of drug-likeness (QED) is 0.858. The molecular formula is C18H28N4O. The lowest BCUT2D eigenvalue weighted by atomic mass is 9.99. The number of nitrogens with zero attached hydrogens (tertiary/aromatic N) is 4. The van der Waals surface area contributed by atoms with Crippen molar-refractivity contribution in [1.82, 2.24) is 14.8 Å². The van der Waals surface area contributed by atoms with Crippen molar-refractivity contribution < 1.29 is 4.79 Å². The molecule has 2 aliphatic heterocycles. The molecule has 0 aromatic carbocycles. The highest BCUT2D eigenvalue weighted by Gasteiger charge is 2.34. The van der Waals surface area contributed by atoms with Gasteiger partial charge in [-0.15, -0.1) is 0 Å². The average molecular weight is 316 g/mol. The number of amides is 1. The molecule has 2 saturated heterocycles. The molecule has 5 heteroatoms. The van der Waals surface area contributed by atoms with Crippen molar-refractivity contribution in [2.75, 3.05) is 38.6 Å². The van der Waals surface area contributed by atoms with Crippen molar-refractivity contribution in [3.05, 3.63) is 23.9 Å². The summed E-state index contributed by atoms with van der Waals surface area (Å²) >= 11 is 0. The predicted octanol–water partition coefficient (Wildman–Crippen LogP) is 2.30. The van der Waals surface area contributed by atoms with Gasteiger partial charge in [0.1, 0.15) is 5.82 Å². The molecule has 1 aromatic rings. The second-order valence-electron chi connectivity index (χ2n) is 6.97. The Balaban J connectivity index is 1.71. The molecule has 126 valence electrons. The SMILES string of the molecule is CC(=O)N1CCC(N2CCC[C@H]2c2ccnc(N(C)C)c2)CC1. The second kappa shape index (κ2) is 6.87. The number of rotatable bonds is 3. The number of anilines is 1. The number of carbonyl (C=O) groups excluding carboxylic acids is 1. The zero-order chi connectivity index (χ0) is 16.4. The van der Waals surface area contributed by atoms with E-state index in [1.54, 1.807) is 6.92 Å². The van der Waals surface area contributed by atoms with E-state index in [2.05, 4.69) is 26.9 Å². The lowest BCUT2D eigenvalue weighted by Crippen LogP contribution is -2.45. The van der Waals surface area contributed by atoms with E-state index in [0.717, 1.165) is 31.7 Å². The molecule has 0 saturated carbocycles. The molecule has 23 heavy (non-hydrogen) atoms. The molecule has 0 N–H and O–H groups in total. The highest BCUT2D eigenvalue weighted by Crippen LogP contribution is 2.36. The normalized spacial score (nSPS) is 23.3. The number of piperidine rings is 1. The first-order chi connectivity index (χ1) is 11.1. The first-order valence-corrected chi connectivity index (χ1v) is 8.71. The molecule has 1 amide bonds. The fourth-order valence-corrected chi connectivity index (χ4v) is 3.98. The summed E-state index contributed by atoms with van der Waals surface area (Å²) < 4.78 is 0. The third-order valence-corrected chi connectivity index (χ3v) is 5.29. The zero-order valence-corrected chi connectivity index (χ0v) is 14.5. The Morgan fingerprint density at radius 3 is 2.61 bits per heavy atom. The van der Waals surface area contributed by atoms with Crippen molar-refractivity contribution in [1.29, 1.82) is 0 Å². The van der Waals surface area contributed by atoms with Crippen LogP contribution in [0, 0.1) is 0 Å². The van der Waals surface area contributed by atoms with Crippen LogP contribution in [0.3, 0.4) is 0 Å². The number of hydrogen-bond acceptors (Lipinski definition) is 4. The van der Waals surface area contributed by atoms with E-state index in [9.17, 15) is 4.79 Å². The maximum atomic E-state index is 11.5. The van der Waals surface area contributed by atoms with Crippen LogP contribution in [0.15, 0.2) is 18.3 Å². The van der Waals surface area contributed by atoms with Crippen LogP contribution in [0.5, 0.6) is 0 Å². The minimum Gasteiger partial charge on any atom is -0.363 e. The van der Waals surface area contributed by atoms with Gasteiger partial charge in [-0.25, -0.2) is 4.98 Å². The van der Waals surface area contributed by atoms with Gasteiger partial charge in [0.25, 0.3) is 0 Å². The molecule has 3 rings (SSSR count). The fraction of sp³-hybridized carbons (Fsp3) is 0.667. The Labute approximate surface area is 139 Å². The fourth-order valence-electron chi connectivity index (χ4n) is 3.98. The van der Waals surface area contributed by atoms with Crippen LogP contribution in [0.25, 0.3) is 0 Å². The number of aromatic nitrogens is 1. The van der Waals surface area contributed by atoms with Crippen LogP contribution in [-0.4, -0.2) is 60.5 Å². The summed E-state index contributed by atoms with van der Waals surface area (Å²) in [6, 6.07) is 5.51. The Hall–Kier alpha value is -1.62. The highest BCUT2D eigenvalue weighted by molar-refractivity contribution is 5.73. The molecule has 0 spiro atoms. The van der Waals surface area contributed by atoms with Crippen LogP contribution in [0.4, 0.5) is 5.82 Å². The van der Waals surface area contributed by atoms with Crippen molar-refractivity contribution in [3.8, 4) is 0 Å². The largest absolute Gasteiger partial charge is 0.363 e. The van der Waals surface area contributed by atoms with E-state index in [1.807, 2.05) is 25.2 Å². The topological polar surface area (TPSA) is 39.7 Å². The lowest BCUT2D eigenvalue weighted by Gasteiger charge is -2.39. The summed E-state index contributed by atoms with van der Waals surface area (Å²) in [5.41, 5.74) is 1.38. The van der Waals surface area contributed by atoms with Crippen LogP contribution < -0.4 is 4.90 Å². The Morgan fingerprint density at radius 2 is 1.96 bits per heavy atom. The van der Waals surface area contributed by atoms with Gasteiger partial charge in [0.2, 0.25) is 5.91 Å². The minimum atomic E-state index is 0.214. The molecule has 1 atom stereocenters. The molecule has 3 heterocycles.